The molecular formula is C14H15ClO2. The maximum absolute atomic E-state index is 12.4. The molecule has 1 aromatic carbocycles. The number of carbonyl (C=O) groups excluding carboxylic acids is 1. The quantitative estimate of drug-likeness (QED) is 0.708. The van der Waals surface area contributed by atoms with E-state index in [1.807, 2.05) is 12.1 Å². The molecule has 1 fully saturated rings. The number of rotatable bonds is 0. The minimum absolute atomic E-state index is 0.349. The molecule has 0 bridgehead atoms. The molecule has 0 N–H and O–H groups in total. The predicted molar refractivity (Wildman–Crippen MR) is 66.5 cm³/mol. The first kappa shape index (κ1) is 11.2. The SMILES string of the molecule is O=C1CCc2cccc(Cl)c2C12CCOCC2. The lowest BCUT2D eigenvalue weighted by Gasteiger charge is -2.41. The Hall–Kier alpha value is -0.860. The smallest absolute Gasteiger partial charge is 0.143 e. The van der Waals surface area contributed by atoms with Crippen molar-refractivity contribution in [1.29, 1.82) is 0 Å². The Morgan fingerprint density at radius 1 is 1.18 bits per heavy atom. The first-order valence-electron chi connectivity index (χ1n) is 6.13. The zero-order chi connectivity index (χ0) is 11.9. The van der Waals surface area contributed by atoms with Gasteiger partial charge in [0, 0.05) is 24.7 Å². The number of ketones is 1. The average Bonchev–Trinajstić information content (AvgIpc) is 2.35. The van der Waals surface area contributed by atoms with Crippen molar-refractivity contribution < 1.29 is 9.53 Å². The van der Waals surface area contributed by atoms with Crippen LogP contribution in [0.25, 0.3) is 0 Å². The van der Waals surface area contributed by atoms with Gasteiger partial charge in [-0.2, -0.15) is 0 Å². The molecular weight excluding hydrogens is 236 g/mol. The molecule has 1 saturated heterocycles. The molecule has 17 heavy (non-hydrogen) atoms. The molecule has 0 atom stereocenters. The molecule has 3 rings (SSSR count). The molecule has 1 aromatic rings. The van der Waals surface area contributed by atoms with Gasteiger partial charge in [-0.1, -0.05) is 23.7 Å². The van der Waals surface area contributed by atoms with E-state index in [4.69, 9.17) is 16.3 Å². The maximum atomic E-state index is 12.4. The molecule has 1 aliphatic heterocycles. The van der Waals surface area contributed by atoms with Gasteiger partial charge in [0.25, 0.3) is 0 Å². The third-order valence-electron chi connectivity index (χ3n) is 4.08. The summed E-state index contributed by atoms with van der Waals surface area (Å²) in [6, 6.07) is 5.98. The summed E-state index contributed by atoms with van der Waals surface area (Å²) in [5.41, 5.74) is 1.98. The summed E-state index contributed by atoms with van der Waals surface area (Å²) in [5, 5.41) is 0.748. The molecule has 0 amide bonds. The number of benzene rings is 1. The van der Waals surface area contributed by atoms with Crippen LogP contribution in [0.15, 0.2) is 18.2 Å². The second-order valence-corrected chi connectivity index (χ2v) is 5.30. The molecule has 0 aromatic heterocycles. The van der Waals surface area contributed by atoms with E-state index >= 15 is 0 Å². The fourth-order valence-electron chi connectivity index (χ4n) is 3.19. The normalized spacial score (nSPS) is 22.5. The lowest BCUT2D eigenvalue weighted by molar-refractivity contribution is -0.128. The highest BCUT2D eigenvalue weighted by atomic mass is 35.5. The van der Waals surface area contributed by atoms with E-state index in [2.05, 4.69) is 6.07 Å². The van der Waals surface area contributed by atoms with Crippen molar-refractivity contribution in [3.05, 3.63) is 34.3 Å². The monoisotopic (exact) mass is 250 g/mol. The third kappa shape index (κ3) is 1.62. The topological polar surface area (TPSA) is 26.3 Å². The zero-order valence-electron chi connectivity index (χ0n) is 9.67. The van der Waals surface area contributed by atoms with Crippen LogP contribution in [0, 0.1) is 0 Å². The van der Waals surface area contributed by atoms with E-state index in [0.29, 0.717) is 25.4 Å². The summed E-state index contributed by atoms with van der Waals surface area (Å²) < 4.78 is 5.40. The molecule has 3 heteroatoms. The van der Waals surface area contributed by atoms with Gasteiger partial charge in [0.1, 0.15) is 5.78 Å². The lowest BCUT2D eigenvalue weighted by Crippen LogP contribution is -2.44. The van der Waals surface area contributed by atoms with Gasteiger partial charge in [0.15, 0.2) is 0 Å². The van der Waals surface area contributed by atoms with Crippen LogP contribution < -0.4 is 0 Å². The highest BCUT2D eigenvalue weighted by Gasteiger charge is 2.45. The largest absolute Gasteiger partial charge is 0.381 e. The number of halogens is 1. The van der Waals surface area contributed by atoms with Gasteiger partial charge in [-0.15, -0.1) is 0 Å². The van der Waals surface area contributed by atoms with Gasteiger partial charge in [0.2, 0.25) is 0 Å². The summed E-state index contributed by atoms with van der Waals surface area (Å²) in [5.74, 6) is 0.349. The Bertz CT molecular complexity index is 461. The minimum atomic E-state index is -0.357. The predicted octanol–water partition coefficient (Wildman–Crippen LogP) is 2.90. The molecule has 1 spiro atoms. The standard InChI is InChI=1S/C14H15ClO2/c15-11-3-1-2-10-4-5-12(16)14(13(10)11)6-8-17-9-7-14/h1-3H,4-9H2. The molecule has 0 saturated carbocycles. The van der Waals surface area contributed by atoms with Crippen molar-refractivity contribution in [2.45, 2.75) is 31.1 Å². The van der Waals surface area contributed by atoms with Crippen molar-refractivity contribution >= 4 is 17.4 Å². The summed E-state index contributed by atoms with van der Waals surface area (Å²) in [6.45, 7) is 1.33. The highest BCUT2D eigenvalue weighted by Crippen LogP contribution is 2.45. The Morgan fingerprint density at radius 2 is 1.94 bits per heavy atom. The van der Waals surface area contributed by atoms with Crippen LogP contribution in [-0.4, -0.2) is 19.0 Å². The van der Waals surface area contributed by atoms with Crippen LogP contribution in [0.1, 0.15) is 30.4 Å². The van der Waals surface area contributed by atoms with E-state index in [0.717, 1.165) is 29.8 Å². The molecule has 2 nitrogen and oxygen atoms in total. The molecule has 0 radical (unpaired) electrons. The van der Waals surface area contributed by atoms with Crippen LogP contribution in [0.4, 0.5) is 0 Å². The van der Waals surface area contributed by atoms with Gasteiger partial charge in [0.05, 0.1) is 5.41 Å². The van der Waals surface area contributed by atoms with Crippen LogP contribution in [-0.2, 0) is 21.4 Å². The van der Waals surface area contributed by atoms with Gasteiger partial charge in [-0.3, -0.25) is 4.79 Å². The Balaban J connectivity index is 2.18. The van der Waals surface area contributed by atoms with E-state index in [-0.39, 0.29) is 5.41 Å². The molecule has 1 aliphatic carbocycles. The third-order valence-corrected chi connectivity index (χ3v) is 4.39. The van der Waals surface area contributed by atoms with Crippen molar-refractivity contribution in [2.24, 2.45) is 0 Å². The number of hydrogen-bond donors (Lipinski definition) is 0. The van der Waals surface area contributed by atoms with Crippen LogP contribution in [0.3, 0.4) is 0 Å². The number of hydrogen-bond acceptors (Lipinski definition) is 2. The van der Waals surface area contributed by atoms with Crippen molar-refractivity contribution in [2.75, 3.05) is 13.2 Å². The van der Waals surface area contributed by atoms with Gasteiger partial charge < -0.3 is 4.74 Å². The van der Waals surface area contributed by atoms with E-state index in [1.165, 1.54) is 5.56 Å². The Labute approximate surface area is 106 Å². The van der Waals surface area contributed by atoms with Gasteiger partial charge >= 0.3 is 0 Å². The molecule has 2 aliphatic rings. The second-order valence-electron chi connectivity index (χ2n) is 4.89. The summed E-state index contributed by atoms with van der Waals surface area (Å²) in [7, 11) is 0. The number of Topliss-reactive ketones (excluding diaryl/α,β-unsaturated/α-hetero) is 1. The number of aryl methyl sites for hydroxylation is 1. The van der Waals surface area contributed by atoms with Crippen molar-refractivity contribution in [1.82, 2.24) is 0 Å². The van der Waals surface area contributed by atoms with E-state index < -0.39 is 0 Å². The minimum Gasteiger partial charge on any atom is -0.381 e. The Morgan fingerprint density at radius 3 is 2.71 bits per heavy atom. The first-order chi connectivity index (χ1) is 8.24. The maximum Gasteiger partial charge on any atom is 0.143 e. The van der Waals surface area contributed by atoms with Crippen LogP contribution in [0.2, 0.25) is 5.02 Å². The molecule has 90 valence electrons. The fourth-order valence-corrected chi connectivity index (χ4v) is 3.56. The average molecular weight is 251 g/mol. The molecule has 0 unspecified atom stereocenters. The second kappa shape index (κ2) is 4.11. The van der Waals surface area contributed by atoms with Gasteiger partial charge in [-0.05, 0) is 36.5 Å². The highest BCUT2D eigenvalue weighted by molar-refractivity contribution is 6.32. The number of carbonyl (C=O) groups is 1. The summed E-state index contributed by atoms with van der Waals surface area (Å²) >= 11 is 6.34. The summed E-state index contributed by atoms with van der Waals surface area (Å²) in [6.07, 6.45) is 3.04. The number of ether oxygens (including phenoxy) is 1. The van der Waals surface area contributed by atoms with E-state index in [9.17, 15) is 4.79 Å². The Kier molecular flexibility index (Phi) is 2.72. The van der Waals surface area contributed by atoms with Crippen LogP contribution >= 0.6 is 11.6 Å². The first-order valence-corrected chi connectivity index (χ1v) is 6.51. The van der Waals surface area contributed by atoms with Crippen molar-refractivity contribution in [3.8, 4) is 0 Å². The lowest BCUT2D eigenvalue weighted by atomic mass is 9.65. The zero-order valence-corrected chi connectivity index (χ0v) is 10.4. The van der Waals surface area contributed by atoms with Gasteiger partial charge in [-0.25, -0.2) is 0 Å². The van der Waals surface area contributed by atoms with Crippen LogP contribution in [0.5, 0.6) is 0 Å². The summed E-state index contributed by atoms with van der Waals surface area (Å²) in [4.78, 5) is 12.4. The molecule has 1 heterocycles. The fraction of sp³-hybridized carbons (Fsp3) is 0.500. The number of fused-ring (bicyclic) bond motifs is 2. The van der Waals surface area contributed by atoms with Crippen molar-refractivity contribution in [3.63, 3.8) is 0 Å². The van der Waals surface area contributed by atoms with E-state index in [1.54, 1.807) is 0 Å².